The van der Waals surface area contributed by atoms with E-state index in [4.69, 9.17) is 16.3 Å². The van der Waals surface area contributed by atoms with Crippen LogP contribution in [0.1, 0.15) is 117 Å². The smallest absolute Gasteiger partial charge is 0.0593 e. The van der Waals surface area contributed by atoms with Crippen LogP contribution in [-0.2, 0) is 4.74 Å². The molecule has 1 nitrogen and oxygen atoms in total. The van der Waals surface area contributed by atoms with Crippen molar-refractivity contribution in [3.63, 3.8) is 0 Å². The zero-order valence-electron chi connectivity index (χ0n) is 15.8. The molecule has 1 aliphatic rings. The molecular weight excluding hydrogens is 304 g/mol. The molecule has 1 saturated heterocycles. The highest BCUT2D eigenvalue weighted by molar-refractivity contribution is 6.20. The van der Waals surface area contributed by atoms with Gasteiger partial charge in [0.25, 0.3) is 0 Å². The first-order valence-corrected chi connectivity index (χ1v) is 11.0. The molecule has 0 saturated carbocycles. The van der Waals surface area contributed by atoms with Gasteiger partial charge in [-0.1, -0.05) is 90.9 Å². The minimum atomic E-state index is 0.346. The van der Waals surface area contributed by atoms with E-state index >= 15 is 0 Å². The number of halogens is 1. The lowest BCUT2D eigenvalue weighted by Gasteiger charge is -2.33. The van der Waals surface area contributed by atoms with E-state index in [0.29, 0.717) is 17.6 Å². The zero-order chi connectivity index (χ0) is 16.8. The first kappa shape index (κ1) is 21.3. The quantitative estimate of drug-likeness (QED) is 0.232. The molecule has 3 atom stereocenters. The van der Waals surface area contributed by atoms with Gasteiger partial charge < -0.3 is 4.74 Å². The van der Waals surface area contributed by atoms with Crippen LogP contribution in [0, 0.1) is 0 Å². The van der Waals surface area contributed by atoms with Crippen molar-refractivity contribution in [3.8, 4) is 0 Å². The average molecular weight is 345 g/mol. The normalized spacial score (nSPS) is 24.9. The molecule has 0 aromatic rings. The van der Waals surface area contributed by atoms with Gasteiger partial charge in [0.15, 0.2) is 0 Å². The molecule has 0 amide bonds. The molecule has 23 heavy (non-hydrogen) atoms. The Bertz CT molecular complexity index is 232. The van der Waals surface area contributed by atoms with E-state index in [9.17, 15) is 0 Å². The van der Waals surface area contributed by atoms with Gasteiger partial charge in [0, 0.05) is 5.38 Å². The Morgan fingerprint density at radius 3 is 1.48 bits per heavy atom. The van der Waals surface area contributed by atoms with Gasteiger partial charge in [0.2, 0.25) is 0 Å². The van der Waals surface area contributed by atoms with Crippen LogP contribution in [0.25, 0.3) is 0 Å². The minimum absolute atomic E-state index is 0.346. The van der Waals surface area contributed by atoms with Crippen LogP contribution < -0.4 is 0 Å². The van der Waals surface area contributed by atoms with Crippen LogP contribution in [0.15, 0.2) is 0 Å². The molecule has 1 fully saturated rings. The van der Waals surface area contributed by atoms with Crippen LogP contribution in [0.4, 0.5) is 0 Å². The highest BCUT2D eigenvalue weighted by atomic mass is 35.5. The number of hydrogen-bond acceptors (Lipinski definition) is 1. The van der Waals surface area contributed by atoms with Gasteiger partial charge in [0.1, 0.15) is 0 Å². The third-order valence-corrected chi connectivity index (χ3v) is 5.54. The molecular formula is C21H41ClO. The molecule has 0 aromatic carbocycles. The summed E-state index contributed by atoms with van der Waals surface area (Å²) in [6, 6.07) is 0. The fourth-order valence-electron chi connectivity index (χ4n) is 3.73. The van der Waals surface area contributed by atoms with Gasteiger partial charge in [-0.05, 0) is 25.7 Å². The van der Waals surface area contributed by atoms with E-state index in [1.807, 2.05) is 0 Å². The molecule has 0 aliphatic carbocycles. The van der Waals surface area contributed by atoms with Crippen LogP contribution in [0.3, 0.4) is 0 Å². The molecule has 0 spiro atoms. The largest absolute Gasteiger partial charge is 0.375 e. The maximum atomic E-state index is 6.49. The molecule has 1 rings (SSSR count). The number of unbranched alkanes of at least 4 members (excludes halogenated alkanes) is 10. The maximum absolute atomic E-state index is 6.49. The summed E-state index contributed by atoms with van der Waals surface area (Å²) in [4.78, 5) is 0. The van der Waals surface area contributed by atoms with Crippen LogP contribution >= 0.6 is 11.6 Å². The molecule has 0 radical (unpaired) electrons. The lowest BCUT2D eigenvalue weighted by molar-refractivity contribution is -0.0561. The maximum Gasteiger partial charge on any atom is 0.0593 e. The third kappa shape index (κ3) is 11.4. The molecule has 0 aromatic heterocycles. The minimum Gasteiger partial charge on any atom is -0.375 e. The summed E-state index contributed by atoms with van der Waals surface area (Å²) in [7, 11) is 0. The Kier molecular flexibility index (Phi) is 13.5. The van der Waals surface area contributed by atoms with E-state index in [2.05, 4.69) is 13.8 Å². The Hall–Kier alpha value is 0.250. The van der Waals surface area contributed by atoms with Crippen molar-refractivity contribution in [2.24, 2.45) is 0 Å². The summed E-state index contributed by atoms with van der Waals surface area (Å²) in [5.74, 6) is 0. The first-order valence-electron chi connectivity index (χ1n) is 10.6. The Balaban J connectivity index is 2.07. The second kappa shape index (κ2) is 14.6. The summed E-state index contributed by atoms with van der Waals surface area (Å²) in [6.45, 7) is 4.56. The predicted molar refractivity (Wildman–Crippen MR) is 104 cm³/mol. The zero-order valence-corrected chi connectivity index (χ0v) is 16.6. The lowest BCUT2D eigenvalue weighted by Crippen LogP contribution is -2.33. The SMILES string of the molecule is CCCCCCCC[C@@H]1CC(Cl)C[C@H](CCCCCCCC)O1. The van der Waals surface area contributed by atoms with Gasteiger partial charge >= 0.3 is 0 Å². The van der Waals surface area contributed by atoms with E-state index in [1.54, 1.807) is 0 Å². The van der Waals surface area contributed by atoms with E-state index in [-0.39, 0.29) is 0 Å². The summed E-state index contributed by atoms with van der Waals surface area (Å²) >= 11 is 6.49. The van der Waals surface area contributed by atoms with E-state index < -0.39 is 0 Å². The lowest BCUT2D eigenvalue weighted by atomic mass is 9.96. The van der Waals surface area contributed by atoms with Gasteiger partial charge in [-0.3, -0.25) is 0 Å². The second-order valence-corrected chi connectivity index (χ2v) is 8.18. The Labute approximate surface area is 150 Å². The van der Waals surface area contributed by atoms with E-state index in [0.717, 1.165) is 12.8 Å². The van der Waals surface area contributed by atoms with Crippen molar-refractivity contribution in [1.29, 1.82) is 0 Å². The molecule has 2 heteroatoms. The predicted octanol–water partition coefficient (Wildman–Crippen LogP) is 7.64. The summed E-state index contributed by atoms with van der Waals surface area (Å²) in [5, 5.41) is 0.346. The van der Waals surface area contributed by atoms with Crippen molar-refractivity contribution in [1.82, 2.24) is 0 Å². The molecule has 1 heterocycles. The van der Waals surface area contributed by atoms with Gasteiger partial charge in [-0.25, -0.2) is 0 Å². The fraction of sp³-hybridized carbons (Fsp3) is 1.00. The second-order valence-electron chi connectivity index (χ2n) is 7.56. The highest BCUT2D eigenvalue weighted by Gasteiger charge is 2.27. The molecule has 0 N–H and O–H groups in total. The molecule has 1 unspecified atom stereocenters. The van der Waals surface area contributed by atoms with Crippen molar-refractivity contribution in [2.45, 2.75) is 134 Å². The van der Waals surface area contributed by atoms with E-state index in [1.165, 1.54) is 89.9 Å². The summed E-state index contributed by atoms with van der Waals surface area (Å²) in [6.07, 6.45) is 21.9. The van der Waals surface area contributed by atoms with Crippen LogP contribution in [0.2, 0.25) is 0 Å². The average Bonchev–Trinajstić information content (AvgIpc) is 2.53. The molecule has 0 bridgehead atoms. The monoisotopic (exact) mass is 344 g/mol. The van der Waals surface area contributed by atoms with Crippen molar-refractivity contribution in [3.05, 3.63) is 0 Å². The van der Waals surface area contributed by atoms with Crippen molar-refractivity contribution in [2.75, 3.05) is 0 Å². The number of rotatable bonds is 14. The summed E-state index contributed by atoms with van der Waals surface area (Å²) in [5.41, 5.74) is 0. The van der Waals surface area contributed by atoms with Gasteiger partial charge in [0.05, 0.1) is 12.2 Å². The van der Waals surface area contributed by atoms with Gasteiger partial charge in [-0.15, -0.1) is 11.6 Å². The molecule has 1 aliphatic heterocycles. The third-order valence-electron chi connectivity index (χ3n) is 5.18. The fourth-order valence-corrected chi connectivity index (χ4v) is 4.12. The number of alkyl halides is 1. The first-order chi connectivity index (χ1) is 11.3. The summed E-state index contributed by atoms with van der Waals surface area (Å²) < 4.78 is 6.33. The Morgan fingerprint density at radius 1 is 0.652 bits per heavy atom. The van der Waals surface area contributed by atoms with Gasteiger partial charge in [-0.2, -0.15) is 0 Å². The van der Waals surface area contributed by atoms with Crippen LogP contribution in [0.5, 0.6) is 0 Å². The number of ether oxygens (including phenoxy) is 1. The topological polar surface area (TPSA) is 9.23 Å². The van der Waals surface area contributed by atoms with Crippen LogP contribution in [-0.4, -0.2) is 17.6 Å². The molecule has 138 valence electrons. The highest BCUT2D eigenvalue weighted by Crippen LogP contribution is 2.29. The standard InChI is InChI=1S/C21H41ClO/c1-3-5-7-9-11-13-15-20-17-19(22)18-21(23-20)16-14-12-10-8-6-4-2/h19-21H,3-18H2,1-2H3/t19?,20-,21+. The van der Waals surface area contributed by atoms with Crippen molar-refractivity contribution < 1.29 is 4.74 Å². The number of hydrogen-bond donors (Lipinski definition) is 0. The van der Waals surface area contributed by atoms with Crippen molar-refractivity contribution >= 4 is 11.6 Å². The Morgan fingerprint density at radius 2 is 1.04 bits per heavy atom.